The maximum Gasteiger partial charge on any atom is 0.411 e. The molecule has 1 aromatic carbocycles. The first-order chi connectivity index (χ1) is 13.2. The minimum absolute atomic E-state index is 0.312. The minimum atomic E-state index is -0.496. The molecular weight excluding hydrogens is 370 g/mol. The Morgan fingerprint density at radius 2 is 2.00 bits per heavy atom. The van der Waals surface area contributed by atoms with E-state index in [2.05, 4.69) is 25.3 Å². The van der Waals surface area contributed by atoms with Crippen LogP contribution in [0.1, 0.15) is 0 Å². The van der Waals surface area contributed by atoms with Crippen molar-refractivity contribution in [3.63, 3.8) is 0 Å². The number of benzene rings is 1. The number of methoxy groups -OCH3 is 1. The molecule has 0 radical (unpaired) electrons. The SMILES string of the molecule is COc1ccccc1NC(=O)OCCN1CCN(c2nnccc2Cl)CC1. The van der Waals surface area contributed by atoms with E-state index in [1.165, 1.54) is 0 Å². The lowest BCUT2D eigenvalue weighted by Crippen LogP contribution is -2.47. The van der Waals surface area contributed by atoms with E-state index in [1.807, 2.05) is 12.1 Å². The Balaban J connectivity index is 1.39. The molecule has 8 nitrogen and oxygen atoms in total. The lowest BCUT2D eigenvalue weighted by atomic mass is 10.3. The van der Waals surface area contributed by atoms with E-state index in [1.54, 1.807) is 31.5 Å². The van der Waals surface area contributed by atoms with Crippen molar-refractivity contribution in [1.29, 1.82) is 0 Å². The van der Waals surface area contributed by atoms with Crippen molar-refractivity contribution in [3.05, 3.63) is 41.6 Å². The highest BCUT2D eigenvalue weighted by molar-refractivity contribution is 6.32. The minimum Gasteiger partial charge on any atom is -0.495 e. The van der Waals surface area contributed by atoms with Crippen LogP contribution in [0.25, 0.3) is 0 Å². The number of hydrogen-bond acceptors (Lipinski definition) is 7. The molecule has 144 valence electrons. The maximum absolute atomic E-state index is 12.0. The monoisotopic (exact) mass is 391 g/mol. The average molecular weight is 392 g/mol. The molecule has 27 heavy (non-hydrogen) atoms. The smallest absolute Gasteiger partial charge is 0.411 e. The van der Waals surface area contributed by atoms with Gasteiger partial charge in [0.2, 0.25) is 0 Å². The molecule has 1 N–H and O–H groups in total. The van der Waals surface area contributed by atoms with Gasteiger partial charge >= 0.3 is 6.09 Å². The molecule has 1 aromatic heterocycles. The van der Waals surface area contributed by atoms with Gasteiger partial charge in [0.25, 0.3) is 0 Å². The number of amides is 1. The van der Waals surface area contributed by atoms with Gasteiger partial charge in [-0.1, -0.05) is 23.7 Å². The number of hydrogen-bond donors (Lipinski definition) is 1. The van der Waals surface area contributed by atoms with Gasteiger partial charge in [0.05, 0.1) is 24.0 Å². The third-order valence-corrected chi connectivity index (χ3v) is 4.60. The molecule has 0 unspecified atom stereocenters. The second-order valence-corrected chi connectivity index (χ2v) is 6.40. The van der Waals surface area contributed by atoms with Crippen molar-refractivity contribution < 1.29 is 14.3 Å². The Hall–Kier alpha value is -2.58. The molecule has 1 aliphatic heterocycles. The Morgan fingerprint density at radius 1 is 1.22 bits per heavy atom. The maximum atomic E-state index is 12.0. The van der Waals surface area contributed by atoms with Gasteiger partial charge in [-0.3, -0.25) is 10.2 Å². The van der Waals surface area contributed by atoms with Crippen molar-refractivity contribution in [2.24, 2.45) is 0 Å². The number of aromatic nitrogens is 2. The zero-order chi connectivity index (χ0) is 19.1. The molecule has 1 amide bonds. The summed E-state index contributed by atoms with van der Waals surface area (Å²) in [6, 6.07) is 8.93. The lowest BCUT2D eigenvalue weighted by molar-refractivity contribution is 0.137. The van der Waals surface area contributed by atoms with Gasteiger partial charge in [-0.05, 0) is 18.2 Å². The molecular formula is C18H22ClN5O3. The van der Waals surface area contributed by atoms with Crippen LogP contribution < -0.4 is 15.0 Å². The fourth-order valence-corrected chi connectivity index (χ4v) is 3.08. The first kappa shape index (κ1) is 19.2. The van der Waals surface area contributed by atoms with Crippen LogP contribution in [0.3, 0.4) is 0 Å². The second kappa shape index (κ2) is 9.38. The number of ether oxygens (including phenoxy) is 2. The van der Waals surface area contributed by atoms with E-state index in [-0.39, 0.29) is 0 Å². The molecule has 2 aromatic rings. The fourth-order valence-electron chi connectivity index (χ4n) is 2.87. The molecule has 9 heteroatoms. The summed E-state index contributed by atoms with van der Waals surface area (Å²) in [6.45, 7) is 4.25. The standard InChI is InChI=1S/C18H22ClN5O3/c1-26-16-5-3-2-4-15(16)21-18(25)27-13-12-23-8-10-24(11-9-23)17-14(19)6-7-20-22-17/h2-7H,8-13H2,1H3,(H,21,25). The fraction of sp³-hybridized carbons (Fsp3) is 0.389. The van der Waals surface area contributed by atoms with Gasteiger partial charge < -0.3 is 14.4 Å². The van der Waals surface area contributed by atoms with E-state index in [9.17, 15) is 4.79 Å². The summed E-state index contributed by atoms with van der Waals surface area (Å²) < 4.78 is 10.5. The number of para-hydroxylation sites is 2. The molecule has 0 aliphatic carbocycles. The molecule has 0 atom stereocenters. The summed E-state index contributed by atoms with van der Waals surface area (Å²) in [6.07, 6.45) is 1.08. The third-order valence-electron chi connectivity index (χ3n) is 4.31. The Bertz CT molecular complexity index is 768. The van der Waals surface area contributed by atoms with E-state index in [0.717, 1.165) is 26.2 Å². The van der Waals surface area contributed by atoms with E-state index < -0.39 is 6.09 Å². The number of carbonyl (C=O) groups is 1. The molecule has 2 heterocycles. The van der Waals surface area contributed by atoms with Gasteiger partial charge in [-0.25, -0.2) is 4.79 Å². The molecule has 1 aliphatic rings. The van der Waals surface area contributed by atoms with Crippen LogP contribution in [0.5, 0.6) is 5.75 Å². The largest absolute Gasteiger partial charge is 0.495 e. The van der Waals surface area contributed by atoms with Gasteiger partial charge in [0.1, 0.15) is 12.4 Å². The van der Waals surface area contributed by atoms with Crippen molar-refractivity contribution in [2.45, 2.75) is 0 Å². The molecule has 0 saturated carbocycles. The second-order valence-electron chi connectivity index (χ2n) is 5.99. The van der Waals surface area contributed by atoms with Gasteiger partial charge in [-0.15, -0.1) is 5.10 Å². The summed E-state index contributed by atoms with van der Waals surface area (Å²) in [5, 5.41) is 11.3. The predicted octanol–water partition coefficient (Wildman–Crippen LogP) is 2.51. The Kier molecular flexibility index (Phi) is 6.67. The van der Waals surface area contributed by atoms with Crippen LogP contribution in [0.2, 0.25) is 5.02 Å². The number of piperazine rings is 1. The van der Waals surface area contributed by atoms with Gasteiger partial charge in [0, 0.05) is 32.7 Å². The highest BCUT2D eigenvalue weighted by Crippen LogP contribution is 2.23. The number of halogens is 1. The van der Waals surface area contributed by atoms with Gasteiger partial charge in [-0.2, -0.15) is 5.10 Å². The van der Waals surface area contributed by atoms with Crippen molar-refractivity contribution in [1.82, 2.24) is 15.1 Å². The van der Waals surface area contributed by atoms with Crippen LogP contribution in [-0.4, -0.2) is 67.6 Å². The lowest BCUT2D eigenvalue weighted by Gasteiger charge is -2.35. The summed E-state index contributed by atoms with van der Waals surface area (Å²) in [5.74, 6) is 1.31. The Morgan fingerprint density at radius 3 is 2.74 bits per heavy atom. The summed E-state index contributed by atoms with van der Waals surface area (Å²) in [5.41, 5.74) is 0.583. The zero-order valence-electron chi connectivity index (χ0n) is 15.1. The number of anilines is 2. The summed E-state index contributed by atoms with van der Waals surface area (Å²) in [4.78, 5) is 16.3. The first-order valence-electron chi connectivity index (χ1n) is 8.68. The number of carbonyl (C=O) groups excluding carboxylic acids is 1. The summed E-state index contributed by atoms with van der Waals surface area (Å²) >= 11 is 6.17. The molecule has 0 spiro atoms. The number of nitrogens with one attached hydrogen (secondary N) is 1. The number of nitrogens with zero attached hydrogens (tertiary/aromatic N) is 4. The normalized spacial score (nSPS) is 14.7. The Labute approximate surface area is 163 Å². The highest BCUT2D eigenvalue weighted by atomic mass is 35.5. The van der Waals surface area contributed by atoms with Crippen LogP contribution in [0, 0.1) is 0 Å². The van der Waals surface area contributed by atoms with Crippen LogP contribution in [0.4, 0.5) is 16.3 Å². The molecule has 3 rings (SSSR count). The van der Waals surface area contributed by atoms with Crippen LogP contribution >= 0.6 is 11.6 Å². The van der Waals surface area contributed by atoms with Crippen LogP contribution in [0.15, 0.2) is 36.5 Å². The highest BCUT2D eigenvalue weighted by Gasteiger charge is 2.20. The molecule has 1 fully saturated rings. The molecule has 0 bridgehead atoms. The topological polar surface area (TPSA) is 79.8 Å². The zero-order valence-corrected chi connectivity index (χ0v) is 15.9. The van der Waals surface area contributed by atoms with E-state index in [4.69, 9.17) is 21.1 Å². The van der Waals surface area contributed by atoms with Crippen molar-refractivity contribution >= 4 is 29.2 Å². The van der Waals surface area contributed by atoms with E-state index >= 15 is 0 Å². The van der Waals surface area contributed by atoms with Gasteiger partial charge in [0.15, 0.2) is 5.82 Å². The van der Waals surface area contributed by atoms with Crippen molar-refractivity contribution in [2.75, 3.05) is 56.7 Å². The number of rotatable bonds is 6. The van der Waals surface area contributed by atoms with Crippen LogP contribution in [-0.2, 0) is 4.74 Å². The summed E-state index contributed by atoms with van der Waals surface area (Å²) in [7, 11) is 1.56. The van der Waals surface area contributed by atoms with E-state index in [0.29, 0.717) is 35.4 Å². The van der Waals surface area contributed by atoms with Crippen molar-refractivity contribution in [3.8, 4) is 5.75 Å². The average Bonchev–Trinajstić information content (AvgIpc) is 2.69. The first-order valence-corrected chi connectivity index (χ1v) is 9.06. The predicted molar refractivity (Wildman–Crippen MR) is 104 cm³/mol. The quantitative estimate of drug-likeness (QED) is 0.810. The molecule has 1 saturated heterocycles. The third kappa shape index (κ3) is 5.21.